The molecule has 1 heterocycles. The maximum absolute atomic E-state index is 13.9. The Morgan fingerprint density at radius 3 is 2.83 bits per heavy atom. The van der Waals surface area contributed by atoms with Crippen molar-refractivity contribution >= 4 is 21.8 Å². The van der Waals surface area contributed by atoms with Gasteiger partial charge in [0.05, 0.1) is 6.10 Å². The molecule has 0 spiro atoms. The maximum atomic E-state index is 13.9. The van der Waals surface area contributed by atoms with Gasteiger partial charge in [-0.3, -0.25) is 0 Å². The number of benzene rings is 1. The van der Waals surface area contributed by atoms with Gasteiger partial charge in [-0.1, -0.05) is 31.5 Å². The van der Waals surface area contributed by atoms with Gasteiger partial charge in [0, 0.05) is 48.2 Å². The highest BCUT2D eigenvalue weighted by molar-refractivity contribution is 7.87. The Balaban J connectivity index is 1.74. The van der Waals surface area contributed by atoms with Crippen molar-refractivity contribution in [2.24, 2.45) is 11.3 Å². The number of hydrogen-bond acceptors (Lipinski definition) is 3. The van der Waals surface area contributed by atoms with E-state index in [1.807, 2.05) is 13.8 Å². The van der Waals surface area contributed by atoms with E-state index in [0.29, 0.717) is 6.61 Å². The highest BCUT2D eigenvalue weighted by Crippen LogP contribution is 2.52. The molecule has 1 saturated carbocycles. The standard InChI is InChI=1S/C16H22ClFN2O3S/c1-16(2)14(10-7-8-23-15(10)16)19-24(21,22)20(3)9-11-12(17)5-4-6-13(11)18/h4-6,10,14-15,19H,7-9H2,1-3H3/t10-,14+,15-/m0/s1. The zero-order valence-electron chi connectivity index (χ0n) is 13.9. The van der Waals surface area contributed by atoms with Crippen molar-refractivity contribution in [2.75, 3.05) is 13.7 Å². The molecule has 1 aromatic rings. The van der Waals surface area contributed by atoms with Gasteiger partial charge in [-0.2, -0.15) is 17.4 Å². The molecule has 0 unspecified atom stereocenters. The summed E-state index contributed by atoms with van der Waals surface area (Å²) in [7, 11) is -2.34. The van der Waals surface area contributed by atoms with Crippen LogP contribution in [0.2, 0.25) is 5.02 Å². The summed E-state index contributed by atoms with van der Waals surface area (Å²) in [6.07, 6.45) is 0.945. The van der Waals surface area contributed by atoms with E-state index in [-0.39, 0.29) is 40.6 Å². The molecule has 2 aliphatic rings. The van der Waals surface area contributed by atoms with Gasteiger partial charge >= 0.3 is 0 Å². The van der Waals surface area contributed by atoms with Gasteiger partial charge in [0.25, 0.3) is 10.2 Å². The molecule has 1 saturated heterocycles. The Morgan fingerprint density at radius 2 is 2.17 bits per heavy atom. The lowest BCUT2D eigenvalue weighted by Gasteiger charge is -2.54. The third-order valence-corrected chi connectivity index (χ3v) is 7.08. The summed E-state index contributed by atoms with van der Waals surface area (Å²) in [5.74, 6) is -0.321. The molecule has 1 aliphatic heterocycles. The number of hydrogen-bond donors (Lipinski definition) is 1. The molecule has 3 atom stereocenters. The van der Waals surface area contributed by atoms with Crippen LogP contribution in [0.3, 0.4) is 0 Å². The van der Waals surface area contributed by atoms with E-state index in [2.05, 4.69) is 4.72 Å². The first-order valence-electron chi connectivity index (χ1n) is 7.92. The lowest BCUT2D eigenvalue weighted by molar-refractivity contribution is -0.105. The lowest BCUT2D eigenvalue weighted by Crippen LogP contribution is -2.67. The number of fused-ring (bicyclic) bond motifs is 1. The van der Waals surface area contributed by atoms with Crippen LogP contribution in [-0.4, -0.2) is 38.5 Å². The fourth-order valence-electron chi connectivity index (χ4n) is 3.80. The third-order valence-electron chi connectivity index (χ3n) is 5.23. The van der Waals surface area contributed by atoms with Crippen LogP contribution in [0.4, 0.5) is 4.39 Å². The average Bonchev–Trinajstić information content (AvgIpc) is 2.96. The van der Waals surface area contributed by atoms with Crippen molar-refractivity contribution in [2.45, 2.75) is 39.0 Å². The van der Waals surface area contributed by atoms with Crippen LogP contribution in [-0.2, 0) is 21.5 Å². The first kappa shape index (κ1) is 18.1. The van der Waals surface area contributed by atoms with Crippen molar-refractivity contribution in [3.63, 3.8) is 0 Å². The van der Waals surface area contributed by atoms with E-state index < -0.39 is 16.0 Å². The third kappa shape index (κ3) is 2.97. The van der Waals surface area contributed by atoms with Crippen LogP contribution in [0.1, 0.15) is 25.8 Å². The fraction of sp³-hybridized carbons (Fsp3) is 0.625. The summed E-state index contributed by atoms with van der Waals surface area (Å²) in [5.41, 5.74) is -0.0907. The van der Waals surface area contributed by atoms with Crippen molar-refractivity contribution in [1.82, 2.24) is 9.03 Å². The molecule has 24 heavy (non-hydrogen) atoms. The molecular formula is C16H22ClFN2O3S. The molecule has 2 fully saturated rings. The molecular weight excluding hydrogens is 355 g/mol. The van der Waals surface area contributed by atoms with Gasteiger partial charge in [-0.15, -0.1) is 0 Å². The van der Waals surface area contributed by atoms with Gasteiger partial charge in [-0.05, 0) is 18.6 Å². The Hall–Kier alpha value is -0.730. The number of ether oxygens (including phenoxy) is 1. The quantitative estimate of drug-likeness (QED) is 0.859. The van der Waals surface area contributed by atoms with Crippen molar-refractivity contribution in [3.05, 3.63) is 34.6 Å². The molecule has 134 valence electrons. The van der Waals surface area contributed by atoms with E-state index in [1.54, 1.807) is 6.07 Å². The van der Waals surface area contributed by atoms with Gasteiger partial charge in [0.1, 0.15) is 5.82 Å². The molecule has 1 aromatic carbocycles. The van der Waals surface area contributed by atoms with Crippen LogP contribution < -0.4 is 4.72 Å². The first-order valence-corrected chi connectivity index (χ1v) is 9.74. The normalized spacial score (nSPS) is 28.7. The topological polar surface area (TPSA) is 58.6 Å². The van der Waals surface area contributed by atoms with E-state index in [1.165, 1.54) is 19.2 Å². The zero-order chi connectivity index (χ0) is 17.7. The molecule has 0 aromatic heterocycles. The van der Waals surface area contributed by atoms with E-state index in [0.717, 1.165) is 10.7 Å². The van der Waals surface area contributed by atoms with Gasteiger partial charge in [-0.25, -0.2) is 4.39 Å². The van der Waals surface area contributed by atoms with Crippen molar-refractivity contribution in [3.8, 4) is 0 Å². The summed E-state index contributed by atoms with van der Waals surface area (Å²) in [4.78, 5) is 0. The molecule has 8 heteroatoms. The van der Waals surface area contributed by atoms with E-state index in [9.17, 15) is 12.8 Å². The largest absolute Gasteiger partial charge is 0.377 e. The Morgan fingerprint density at radius 1 is 1.46 bits per heavy atom. The van der Waals surface area contributed by atoms with Gasteiger partial charge in [0.2, 0.25) is 0 Å². The van der Waals surface area contributed by atoms with Crippen LogP contribution in [0.15, 0.2) is 18.2 Å². The lowest BCUT2D eigenvalue weighted by atomic mass is 9.58. The van der Waals surface area contributed by atoms with Crippen molar-refractivity contribution < 1.29 is 17.5 Å². The maximum Gasteiger partial charge on any atom is 0.279 e. The summed E-state index contributed by atoms with van der Waals surface area (Å²) in [6.45, 7) is 4.54. The number of halogens is 2. The van der Waals surface area contributed by atoms with Crippen molar-refractivity contribution in [1.29, 1.82) is 0 Å². The summed E-state index contributed by atoms with van der Waals surface area (Å²) in [5, 5.41) is 0.213. The molecule has 0 amide bonds. The van der Waals surface area contributed by atoms with Gasteiger partial charge in [0.15, 0.2) is 0 Å². The van der Waals surface area contributed by atoms with Gasteiger partial charge < -0.3 is 4.74 Å². The minimum atomic E-state index is -3.76. The highest BCUT2D eigenvalue weighted by Gasteiger charge is 2.60. The first-order chi connectivity index (χ1) is 11.1. The summed E-state index contributed by atoms with van der Waals surface area (Å²) in [6, 6.07) is 4.12. The van der Waals surface area contributed by atoms with E-state index in [4.69, 9.17) is 16.3 Å². The van der Waals surface area contributed by atoms with Crippen LogP contribution in [0.5, 0.6) is 0 Å². The summed E-state index contributed by atoms with van der Waals surface area (Å²) >= 11 is 5.99. The fourth-order valence-corrected chi connectivity index (χ4v) is 5.31. The Bertz CT molecular complexity index is 721. The minimum Gasteiger partial charge on any atom is -0.377 e. The second-order valence-corrected chi connectivity index (χ2v) is 9.34. The molecule has 5 nitrogen and oxygen atoms in total. The SMILES string of the molecule is CN(Cc1c(F)cccc1Cl)S(=O)(=O)N[C@@H]1[C@@H]2CCO[C@@H]2C1(C)C. The van der Waals surface area contributed by atoms with Crippen LogP contribution >= 0.6 is 11.6 Å². The van der Waals surface area contributed by atoms with E-state index >= 15 is 0 Å². The Labute approximate surface area is 147 Å². The molecule has 0 radical (unpaired) electrons. The zero-order valence-corrected chi connectivity index (χ0v) is 15.5. The molecule has 0 bridgehead atoms. The number of nitrogens with zero attached hydrogens (tertiary/aromatic N) is 1. The number of nitrogens with one attached hydrogen (secondary N) is 1. The summed E-state index contributed by atoms with van der Waals surface area (Å²) < 4.78 is 48.7. The average molecular weight is 377 g/mol. The smallest absolute Gasteiger partial charge is 0.279 e. The molecule has 3 rings (SSSR count). The second kappa shape index (κ2) is 6.21. The highest BCUT2D eigenvalue weighted by atomic mass is 35.5. The van der Waals surface area contributed by atoms with Crippen LogP contribution in [0, 0.1) is 17.2 Å². The Kier molecular flexibility index (Phi) is 4.68. The molecule has 1 aliphatic carbocycles. The monoisotopic (exact) mass is 376 g/mol. The minimum absolute atomic E-state index is 0.0940. The number of rotatable bonds is 5. The predicted molar refractivity (Wildman–Crippen MR) is 90.3 cm³/mol. The molecule has 1 N–H and O–H groups in total. The van der Waals surface area contributed by atoms with Crippen LogP contribution in [0.25, 0.3) is 0 Å². The predicted octanol–water partition coefficient (Wildman–Crippen LogP) is 2.56. The second-order valence-electron chi connectivity index (χ2n) is 7.12.